The average molecular weight is 492 g/mol. The van der Waals surface area contributed by atoms with Crippen molar-refractivity contribution in [2.24, 2.45) is 0 Å². The molecule has 6 nitrogen and oxygen atoms in total. The van der Waals surface area contributed by atoms with Gasteiger partial charge >= 0.3 is 6.18 Å². The standard InChI is InChI=1S/C22H16F3N3O3S2/c1-31-14-8-6-13(7-9-14)28-20(30)19-17(10-11-32-19)27-21(28)33-12-18(29)26-16-5-3-2-4-15(16)22(23,24)25/h2-11H,12H2,1H3,(H,26,29). The number of hydrogen-bond donors (Lipinski definition) is 1. The van der Waals surface area contributed by atoms with E-state index in [4.69, 9.17) is 4.74 Å². The lowest BCUT2D eigenvalue weighted by molar-refractivity contribution is -0.137. The first kappa shape index (κ1) is 22.9. The minimum absolute atomic E-state index is 0.246. The molecule has 0 radical (unpaired) electrons. The van der Waals surface area contributed by atoms with E-state index in [2.05, 4.69) is 10.3 Å². The summed E-state index contributed by atoms with van der Waals surface area (Å²) in [6, 6.07) is 13.2. The highest BCUT2D eigenvalue weighted by molar-refractivity contribution is 7.99. The van der Waals surface area contributed by atoms with E-state index in [-0.39, 0.29) is 22.2 Å². The number of halogens is 3. The molecule has 0 bridgehead atoms. The molecular weight excluding hydrogens is 475 g/mol. The summed E-state index contributed by atoms with van der Waals surface area (Å²) in [5.41, 5.74) is -0.555. The summed E-state index contributed by atoms with van der Waals surface area (Å²) in [6.07, 6.45) is -4.60. The summed E-state index contributed by atoms with van der Waals surface area (Å²) in [5, 5.41) is 4.29. The molecule has 1 amide bonds. The topological polar surface area (TPSA) is 73.2 Å². The Hall–Kier alpha value is -3.31. The second-order valence-electron chi connectivity index (χ2n) is 6.75. The Morgan fingerprint density at radius 2 is 1.88 bits per heavy atom. The predicted octanol–water partition coefficient (Wildman–Crippen LogP) is 5.21. The van der Waals surface area contributed by atoms with Crippen molar-refractivity contribution in [3.05, 3.63) is 75.9 Å². The first-order valence-electron chi connectivity index (χ1n) is 9.51. The molecule has 0 aliphatic rings. The molecule has 4 aromatic rings. The van der Waals surface area contributed by atoms with Crippen LogP contribution in [0.15, 0.2) is 69.9 Å². The summed E-state index contributed by atoms with van der Waals surface area (Å²) in [4.78, 5) is 30.1. The van der Waals surface area contributed by atoms with Crippen molar-refractivity contribution in [2.45, 2.75) is 11.3 Å². The van der Waals surface area contributed by atoms with Gasteiger partial charge in [-0.2, -0.15) is 13.2 Å². The van der Waals surface area contributed by atoms with Crippen LogP contribution in [-0.4, -0.2) is 28.3 Å². The van der Waals surface area contributed by atoms with Crippen molar-refractivity contribution in [2.75, 3.05) is 18.2 Å². The summed E-state index contributed by atoms with van der Waals surface area (Å²) in [5.74, 6) is -0.295. The number of methoxy groups -OCH3 is 1. The Labute approximate surface area is 194 Å². The zero-order valence-electron chi connectivity index (χ0n) is 17.1. The molecule has 0 aliphatic carbocycles. The third-order valence-electron chi connectivity index (χ3n) is 4.62. The van der Waals surface area contributed by atoms with Crippen molar-refractivity contribution in [1.29, 1.82) is 0 Å². The van der Waals surface area contributed by atoms with E-state index in [0.717, 1.165) is 17.8 Å². The van der Waals surface area contributed by atoms with Crippen LogP contribution in [0.25, 0.3) is 15.9 Å². The molecule has 33 heavy (non-hydrogen) atoms. The van der Waals surface area contributed by atoms with Gasteiger partial charge in [-0.05, 0) is 47.8 Å². The molecule has 2 aromatic carbocycles. The highest BCUT2D eigenvalue weighted by Gasteiger charge is 2.33. The van der Waals surface area contributed by atoms with Crippen LogP contribution in [-0.2, 0) is 11.0 Å². The zero-order valence-corrected chi connectivity index (χ0v) is 18.7. The molecule has 0 atom stereocenters. The summed E-state index contributed by atoms with van der Waals surface area (Å²) < 4.78 is 46.6. The van der Waals surface area contributed by atoms with Gasteiger partial charge in [0.25, 0.3) is 5.56 Å². The van der Waals surface area contributed by atoms with Crippen LogP contribution in [0.1, 0.15) is 5.56 Å². The number of ether oxygens (including phenoxy) is 1. The van der Waals surface area contributed by atoms with Crippen molar-refractivity contribution < 1.29 is 22.7 Å². The van der Waals surface area contributed by atoms with Crippen LogP contribution >= 0.6 is 23.1 Å². The number of fused-ring (bicyclic) bond motifs is 1. The molecule has 0 aliphatic heterocycles. The first-order valence-corrected chi connectivity index (χ1v) is 11.4. The molecule has 1 N–H and O–H groups in total. The number of para-hydroxylation sites is 1. The number of aromatic nitrogens is 2. The van der Waals surface area contributed by atoms with E-state index in [1.165, 1.54) is 41.2 Å². The number of carbonyl (C=O) groups is 1. The lowest BCUT2D eigenvalue weighted by atomic mass is 10.1. The molecule has 0 unspecified atom stereocenters. The zero-order chi connectivity index (χ0) is 23.6. The Morgan fingerprint density at radius 3 is 2.58 bits per heavy atom. The van der Waals surface area contributed by atoms with Crippen LogP contribution in [0.4, 0.5) is 18.9 Å². The first-order chi connectivity index (χ1) is 15.8. The number of thioether (sulfide) groups is 1. The number of rotatable bonds is 6. The Kier molecular flexibility index (Phi) is 6.43. The average Bonchev–Trinajstić information content (AvgIpc) is 3.27. The van der Waals surface area contributed by atoms with Gasteiger partial charge in [-0.25, -0.2) is 4.98 Å². The third kappa shape index (κ3) is 4.88. The lowest BCUT2D eigenvalue weighted by Crippen LogP contribution is -2.22. The number of thiophene rings is 1. The highest BCUT2D eigenvalue weighted by Crippen LogP contribution is 2.34. The van der Waals surface area contributed by atoms with Crippen LogP contribution in [0.2, 0.25) is 0 Å². The Morgan fingerprint density at radius 1 is 1.15 bits per heavy atom. The van der Waals surface area contributed by atoms with E-state index in [0.29, 0.717) is 21.7 Å². The molecule has 2 aromatic heterocycles. The summed E-state index contributed by atoms with van der Waals surface area (Å²) in [7, 11) is 1.53. The van der Waals surface area contributed by atoms with E-state index in [1.54, 1.807) is 35.7 Å². The lowest BCUT2D eigenvalue weighted by Gasteiger charge is -2.14. The number of benzene rings is 2. The number of carbonyl (C=O) groups excluding carboxylic acids is 1. The fraction of sp³-hybridized carbons (Fsp3) is 0.136. The van der Waals surface area contributed by atoms with Gasteiger partial charge in [0, 0.05) is 0 Å². The van der Waals surface area contributed by atoms with E-state index in [1.807, 2.05) is 0 Å². The van der Waals surface area contributed by atoms with Gasteiger partial charge in [-0.3, -0.25) is 14.2 Å². The minimum atomic E-state index is -4.60. The fourth-order valence-corrected chi connectivity index (χ4v) is 4.68. The molecule has 11 heteroatoms. The Bertz CT molecular complexity index is 1370. The second kappa shape index (κ2) is 9.28. The molecule has 0 saturated carbocycles. The number of amides is 1. The SMILES string of the molecule is COc1ccc(-n2c(SCC(=O)Nc3ccccc3C(F)(F)F)nc3ccsc3c2=O)cc1. The quantitative estimate of drug-likeness (QED) is 0.296. The van der Waals surface area contributed by atoms with Crippen LogP contribution in [0.3, 0.4) is 0 Å². The van der Waals surface area contributed by atoms with Gasteiger partial charge in [0.1, 0.15) is 10.4 Å². The second-order valence-corrected chi connectivity index (χ2v) is 8.61. The molecule has 4 rings (SSSR count). The number of anilines is 1. The largest absolute Gasteiger partial charge is 0.497 e. The number of nitrogens with zero attached hydrogens (tertiary/aromatic N) is 2. The molecule has 2 heterocycles. The third-order valence-corrected chi connectivity index (χ3v) is 6.45. The van der Waals surface area contributed by atoms with Crippen molar-refractivity contribution >= 4 is 44.9 Å². The van der Waals surface area contributed by atoms with Crippen molar-refractivity contribution in [3.8, 4) is 11.4 Å². The molecule has 0 spiro atoms. The maximum absolute atomic E-state index is 13.2. The van der Waals surface area contributed by atoms with Crippen LogP contribution in [0, 0.1) is 0 Å². The number of hydrogen-bond acceptors (Lipinski definition) is 6. The molecular formula is C22H16F3N3O3S2. The summed E-state index contributed by atoms with van der Waals surface area (Å²) >= 11 is 2.21. The van der Waals surface area contributed by atoms with Crippen LogP contribution < -0.4 is 15.6 Å². The van der Waals surface area contributed by atoms with Gasteiger partial charge < -0.3 is 10.1 Å². The monoisotopic (exact) mass is 491 g/mol. The van der Waals surface area contributed by atoms with E-state index in [9.17, 15) is 22.8 Å². The van der Waals surface area contributed by atoms with Gasteiger partial charge in [0.15, 0.2) is 5.16 Å². The maximum Gasteiger partial charge on any atom is 0.418 e. The molecule has 170 valence electrons. The molecule has 0 saturated heterocycles. The van der Waals surface area contributed by atoms with E-state index >= 15 is 0 Å². The van der Waals surface area contributed by atoms with Crippen molar-refractivity contribution in [1.82, 2.24) is 9.55 Å². The van der Waals surface area contributed by atoms with Gasteiger partial charge in [-0.15, -0.1) is 11.3 Å². The smallest absolute Gasteiger partial charge is 0.418 e. The highest BCUT2D eigenvalue weighted by atomic mass is 32.2. The van der Waals surface area contributed by atoms with Gasteiger partial charge in [-0.1, -0.05) is 23.9 Å². The molecule has 0 fully saturated rings. The summed E-state index contributed by atoms with van der Waals surface area (Å²) in [6.45, 7) is 0. The number of alkyl halides is 3. The normalized spacial score (nSPS) is 11.5. The van der Waals surface area contributed by atoms with Gasteiger partial charge in [0.2, 0.25) is 5.91 Å². The van der Waals surface area contributed by atoms with Crippen LogP contribution in [0.5, 0.6) is 5.75 Å². The number of nitrogens with one attached hydrogen (secondary N) is 1. The van der Waals surface area contributed by atoms with Gasteiger partial charge in [0.05, 0.1) is 35.3 Å². The predicted molar refractivity (Wildman–Crippen MR) is 123 cm³/mol. The minimum Gasteiger partial charge on any atom is -0.497 e. The maximum atomic E-state index is 13.2. The Balaban J connectivity index is 1.62. The fourth-order valence-electron chi connectivity index (χ4n) is 3.10. The van der Waals surface area contributed by atoms with Crippen molar-refractivity contribution in [3.63, 3.8) is 0 Å². The van der Waals surface area contributed by atoms with E-state index < -0.39 is 17.6 Å².